The Hall–Kier alpha value is -3.48. The average molecular weight is 893 g/mol. The maximum atomic E-state index is 14.5. The molecule has 0 saturated carbocycles. The molecule has 48 heavy (non-hydrogen) atoms. The number of aryl methyl sites for hydroxylation is 1. The third-order valence-corrected chi connectivity index (χ3v) is 13.3. The number of hydrogen-bond donors (Lipinski definition) is 0. The van der Waals surface area contributed by atoms with Gasteiger partial charge in [0.05, 0.1) is 4.70 Å². The Morgan fingerprint density at radius 3 is 2.40 bits per heavy atom. The molecule has 2 nitrogen and oxygen atoms in total. The summed E-state index contributed by atoms with van der Waals surface area (Å²) in [5.41, 5.74) is 6.09. The molecule has 0 saturated heterocycles. The second kappa shape index (κ2) is 15.4. The standard InChI is InChI=1S/C22H19FNS.C20H20GeN.Ir/c1-13(2)11-15-9-10-24-19(12-15)16-8-7-14(3)20-17-5-4-6-18(23)21(17)25-22(16)20;1-21(2,3)19-12-13-20(22-15-19)18-11-7-10-17(14-18)16-8-5-4-6-9-16;/h4-7,9-10,12-13H,11H2,1-3H3;4-10,12-15H,1-3H3;/q2*-1;/i3D3,11D2;;. The summed E-state index contributed by atoms with van der Waals surface area (Å²) >= 11 is -0.621. The minimum Gasteiger partial charge on any atom is 0 e. The van der Waals surface area contributed by atoms with Gasteiger partial charge in [0.1, 0.15) is 5.82 Å². The van der Waals surface area contributed by atoms with Gasteiger partial charge in [0.15, 0.2) is 0 Å². The number of pyridine rings is 2. The van der Waals surface area contributed by atoms with Crippen molar-refractivity contribution in [2.24, 2.45) is 5.92 Å². The normalized spacial score (nSPS) is 13.4. The first-order valence-corrected chi connectivity index (χ1v) is 23.8. The van der Waals surface area contributed by atoms with E-state index in [-0.39, 0.29) is 31.6 Å². The topological polar surface area (TPSA) is 25.8 Å². The van der Waals surface area contributed by atoms with Crippen LogP contribution in [0, 0.1) is 30.7 Å². The third kappa shape index (κ3) is 8.03. The van der Waals surface area contributed by atoms with Crippen molar-refractivity contribution < 1.29 is 31.3 Å². The summed E-state index contributed by atoms with van der Waals surface area (Å²) in [5.74, 6) is 6.51. The van der Waals surface area contributed by atoms with E-state index in [9.17, 15) is 4.39 Å². The summed E-state index contributed by atoms with van der Waals surface area (Å²) in [4.78, 5) is 9.06. The number of rotatable bonds is 6. The van der Waals surface area contributed by atoms with Gasteiger partial charge in [-0.05, 0) is 40.2 Å². The van der Waals surface area contributed by atoms with Gasteiger partial charge in [0.2, 0.25) is 0 Å². The van der Waals surface area contributed by atoms with Crippen LogP contribution in [0.5, 0.6) is 0 Å². The molecule has 7 rings (SSSR count). The van der Waals surface area contributed by atoms with Gasteiger partial charge in [0.25, 0.3) is 0 Å². The molecule has 0 unspecified atom stereocenters. The van der Waals surface area contributed by atoms with Crippen molar-refractivity contribution in [2.45, 2.75) is 44.3 Å². The minimum absolute atomic E-state index is 0. The number of halogens is 1. The molecule has 0 aliphatic carbocycles. The third-order valence-electron chi connectivity index (χ3n) is 7.81. The van der Waals surface area contributed by atoms with E-state index < -0.39 is 32.3 Å². The van der Waals surface area contributed by atoms with Crippen molar-refractivity contribution in [3.63, 3.8) is 0 Å². The van der Waals surface area contributed by atoms with E-state index in [2.05, 4.69) is 94.1 Å². The summed E-state index contributed by atoms with van der Waals surface area (Å²) in [5, 5.41) is 1.02. The van der Waals surface area contributed by atoms with E-state index in [0.717, 1.165) is 11.3 Å². The van der Waals surface area contributed by atoms with Gasteiger partial charge >= 0.3 is 135 Å². The molecule has 3 heterocycles. The predicted molar refractivity (Wildman–Crippen MR) is 202 cm³/mol. The summed E-state index contributed by atoms with van der Waals surface area (Å²) in [7, 11) is 0. The fourth-order valence-corrected chi connectivity index (χ4v) is 8.82. The van der Waals surface area contributed by atoms with E-state index in [4.69, 9.17) is 6.85 Å². The Morgan fingerprint density at radius 1 is 0.875 bits per heavy atom. The van der Waals surface area contributed by atoms with E-state index >= 15 is 0 Å². The maximum absolute atomic E-state index is 14.5. The number of aromatic nitrogens is 2. The number of thiophene rings is 1. The summed E-state index contributed by atoms with van der Waals surface area (Å²) < 4.78 is 57.4. The smallest absolute Gasteiger partial charge is 0 e. The van der Waals surface area contributed by atoms with Crippen LogP contribution in [-0.4, -0.2) is 23.2 Å². The van der Waals surface area contributed by atoms with Gasteiger partial charge < -0.3 is 4.98 Å². The molecular formula is C42H39FGeIrN2S-2. The zero-order valence-corrected chi connectivity index (χ0v) is 32.8. The minimum atomic E-state index is -2.38. The van der Waals surface area contributed by atoms with Gasteiger partial charge in [0, 0.05) is 33.2 Å². The van der Waals surface area contributed by atoms with Crippen LogP contribution in [0.2, 0.25) is 17.3 Å². The second-order valence-corrected chi connectivity index (χ2v) is 24.4. The van der Waals surface area contributed by atoms with Gasteiger partial charge in [-0.15, -0.1) is 23.3 Å². The Balaban J connectivity index is 0.000000210. The van der Waals surface area contributed by atoms with Gasteiger partial charge in [-0.1, -0.05) is 49.8 Å². The van der Waals surface area contributed by atoms with Crippen molar-refractivity contribution in [1.29, 1.82) is 0 Å². The molecule has 0 spiro atoms. The number of benzene rings is 4. The van der Waals surface area contributed by atoms with Gasteiger partial charge in [-0.2, -0.15) is 11.3 Å². The molecule has 3 aromatic heterocycles. The van der Waals surface area contributed by atoms with Crippen LogP contribution >= 0.6 is 11.3 Å². The summed E-state index contributed by atoms with van der Waals surface area (Å²) in [6.45, 7) is 1.24. The zero-order valence-electron chi connectivity index (χ0n) is 32.5. The van der Waals surface area contributed by atoms with Crippen LogP contribution in [-0.2, 0) is 26.5 Å². The van der Waals surface area contributed by atoms with Crippen LogP contribution in [0.15, 0.2) is 109 Å². The molecule has 0 aliphatic heterocycles. The van der Waals surface area contributed by atoms with Crippen LogP contribution in [0.1, 0.15) is 31.8 Å². The molecule has 0 bridgehead atoms. The molecule has 1 radical (unpaired) electrons. The van der Waals surface area contributed by atoms with E-state index in [1.54, 1.807) is 24.3 Å². The SMILES string of the molecule is [2H]C([2H])([2H])c1c[c-]c(-c2cc(C([2H])([2H])C(C)C)ccn2)c2sc3c(F)cccc3c12.[CH3][Ge]([CH3])([CH3])[c]1ccc(-c2[c-]ccc(-c3ccccc3)c2)nc1.[Ir]. The van der Waals surface area contributed by atoms with Crippen LogP contribution in [0.4, 0.5) is 4.39 Å². The molecule has 7 aromatic rings. The summed E-state index contributed by atoms with van der Waals surface area (Å²) in [6, 6.07) is 36.7. The second-order valence-electron chi connectivity index (χ2n) is 12.8. The Kier molecular flexibility index (Phi) is 9.44. The van der Waals surface area contributed by atoms with Crippen molar-refractivity contribution in [2.75, 3.05) is 0 Å². The van der Waals surface area contributed by atoms with Gasteiger partial charge in [-0.3, -0.25) is 0 Å². The van der Waals surface area contributed by atoms with Crippen LogP contribution in [0.3, 0.4) is 0 Å². The molecule has 4 aromatic carbocycles. The Labute approximate surface area is 311 Å². The fraction of sp³-hybridized carbons (Fsp3) is 0.190. The van der Waals surface area contributed by atoms with Gasteiger partial charge in [-0.25, -0.2) is 4.39 Å². The first kappa shape index (κ1) is 29.4. The average Bonchev–Trinajstić information content (AvgIpc) is 3.52. The van der Waals surface area contributed by atoms with Crippen LogP contribution < -0.4 is 4.40 Å². The molecule has 0 fully saturated rings. The zero-order chi connectivity index (χ0) is 37.4. The van der Waals surface area contributed by atoms with Crippen molar-refractivity contribution in [3.8, 4) is 33.6 Å². The molecule has 0 atom stereocenters. The quantitative estimate of drug-likeness (QED) is 0.123. The van der Waals surface area contributed by atoms with Crippen LogP contribution in [0.25, 0.3) is 53.8 Å². The Morgan fingerprint density at radius 2 is 1.69 bits per heavy atom. The first-order valence-electron chi connectivity index (χ1n) is 18.1. The number of nitrogens with zero attached hydrogens (tertiary/aromatic N) is 2. The maximum Gasteiger partial charge on any atom is 0 e. The van der Waals surface area contributed by atoms with Crippen molar-refractivity contribution >= 4 is 49.2 Å². The number of hydrogen-bond acceptors (Lipinski definition) is 3. The summed E-state index contributed by atoms with van der Waals surface area (Å²) in [6.07, 6.45) is 2.04. The fourth-order valence-electron chi connectivity index (χ4n) is 5.41. The molecule has 6 heteroatoms. The number of fused-ring (bicyclic) bond motifs is 3. The largest absolute Gasteiger partial charge is 0 e. The molecule has 0 amide bonds. The molecule has 245 valence electrons. The first-order chi connectivity index (χ1) is 24.6. The molecule has 0 aliphatic rings. The Bertz CT molecular complexity index is 2360. The predicted octanol–water partition coefficient (Wildman–Crippen LogP) is 11.3. The van der Waals surface area contributed by atoms with E-state index in [1.165, 1.54) is 45.2 Å². The van der Waals surface area contributed by atoms with E-state index in [1.807, 2.05) is 26.0 Å². The molecular weight excluding hydrogens is 848 g/mol. The monoisotopic (exact) mass is 894 g/mol. The molecule has 0 N–H and O–H groups in total. The van der Waals surface area contributed by atoms with E-state index in [0.29, 0.717) is 37.0 Å². The van der Waals surface area contributed by atoms with Crippen molar-refractivity contribution in [3.05, 3.63) is 139 Å². The van der Waals surface area contributed by atoms with Crippen molar-refractivity contribution in [1.82, 2.24) is 9.97 Å².